The maximum Gasteiger partial charge on any atom is 0.226 e. The summed E-state index contributed by atoms with van der Waals surface area (Å²) in [7, 11) is 0. The molecule has 0 spiro atoms. The summed E-state index contributed by atoms with van der Waals surface area (Å²) in [6, 6.07) is 0. The largest absolute Gasteiger partial charge is 0.329 e. The van der Waals surface area contributed by atoms with Gasteiger partial charge in [0, 0.05) is 17.0 Å². The Kier molecular flexibility index (Phi) is 5.71. The maximum atomic E-state index is 12.3. The van der Waals surface area contributed by atoms with Crippen LogP contribution in [0.15, 0.2) is 11.8 Å². The van der Waals surface area contributed by atoms with Gasteiger partial charge in [-0.05, 0) is 79.4 Å². The van der Waals surface area contributed by atoms with Crippen LogP contribution in [0.2, 0.25) is 0 Å². The van der Waals surface area contributed by atoms with Crippen LogP contribution < -0.4 is 5.32 Å². The minimum Gasteiger partial charge on any atom is -0.329 e. The number of piperidine rings is 1. The van der Waals surface area contributed by atoms with Crippen LogP contribution in [0.3, 0.4) is 0 Å². The fourth-order valence-corrected chi connectivity index (χ4v) is 8.56. The van der Waals surface area contributed by atoms with Crippen LogP contribution in [0.1, 0.15) is 99.3 Å². The average molecular weight is 400 g/mol. The van der Waals surface area contributed by atoms with Gasteiger partial charge in [0.25, 0.3) is 0 Å². The molecule has 1 N–H and O–H groups in total. The van der Waals surface area contributed by atoms with Crippen molar-refractivity contribution in [2.45, 2.75) is 99.3 Å². The smallest absolute Gasteiger partial charge is 0.226 e. The molecule has 0 aromatic heterocycles. The van der Waals surface area contributed by atoms with Gasteiger partial charge in [0.05, 0.1) is 0 Å². The van der Waals surface area contributed by atoms with Crippen LogP contribution in [0.5, 0.6) is 0 Å². The van der Waals surface area contributed by atoms with E-state index >= 15 is 0 Å². The maximum absolute atomic E-state index is 12.3. The highest BCUT2D eigenvalue weighted by Crippen LogP contribution is 2.66. The molecule has 1 aliphatic heterocycles. The molecule has 4 rings (SSSR count). The number of allylic oxidation sites excluding steroid dienone is 2. The zero-order valence-electron chi connectivity index (χ0n) is 19.9. The Labute approximate surface area is 179 Å². The Bertz CT molecular complexity index is 665. The molecule has 4 aliphatic rings. The van der Waals surface area contributed by atoms with E-state index in [9.17, 15) is 4.79 Å². The number of fused-ring (bicyclic) bond motifs is 5. The molecule has 1 amide bonds. The van der Waals surface area contributed by atoms with E-state index in [1.165, 1.54) is 57.1 Å². The third kappa shape index (κ3) is 3.51. The summed E-state index contributed by atoms with van der Waals surface area (Å²) in [5.74, 6) is 5.51. The first-order valence-corrected chi connectivity index (χ1v) is 12.7. The lowest BCUT2D eigenvalue weighted by atomic mass is 9.48. The second-order valence-corrected chi connectivity index (χ2v) is 12.3. The minimum absolute atomic E-state index is 0.154. The van der Waals surface area contributed by atoms with Crippen LogP contribution in [0, 0.1) is 52.3 Å². The monoisotopic (exact) mass is 399 g/mol. The van der Waals surface area contributed by atoms with Crippen molar-refractivity contribution < 1.29 is 4.79 Å². The first kappa shape index (κ1) is 21.4. The number of hydrogen-bond donors (Lipinski definition) is 1. The van der Waals surface area contributed by atoms with Gasteiger partial charge in [-0.25, -0.2) is 0 Å². The predicted octanol–water partition coefficient (Wildman–Crippen LogP) is 6.96. The summed E-state index contributed by atoms with van der Waals surface area (Å²) < 4.78 is 0. The molecule has 164 valence electrons. The van der Waals surface area contributed by atoms with E-state index in [2.05, 4.69) is 52.9 Å². The molecule has 3 aliphatic carbocycles. The molecule has 1 unspecified atom stereocenters. The lowest BCUT2D eigenvalue weighted by molar-refractivity contribution is -0.130. The van der Waals surface area contributed by atoms with Crippen molar-refractivity contribution >= 4 is 5.91 Å². The summed E-state index contributed by atoms with van der Waals surface area (Å²) in [6.45, 7) is 14.5. The van der Waals surface area contributed by atoms with E-state index in [0.717, 1.165) is 41.9 Å². The molecule has 2 nitrogen and oxygen atoms in total. The van der Waals surface area contributed by atoms with Gasteiger partial charge >= 0.3 is 0 Å². The van der Waals surface area contributed by atoms with Crippen LogP contribution >= 0.6 is 0 Å². The van der Waals surface area contributed by atoms with Crippen LogP contribution in [-0.2, 0) is 4.79 Å². The van der Waals surface area contributed by atoms with E-state index in [4.69, 9.17) is 0 Å². The first-order chi connectivity index (χ1) is 13.7. The summed E-state index contributed by atoms with van der Waals surface area (Å²) in [4.78, 5) is 12.3. The molecular formula is C27H45NO. The third-order valence-corrected chi connectivity index (χ3v) is 10.1. The standard InChI is InChI=1S/C27H45NO/c1-17(2)8-7-9-18(3)21-11-12-22-20-10-13-24-27(6,16-19(4)25(29)28-24)23(20)14-15-26(21,22)5/h13,17-23H,7-12,14-16H2,1-6H3,(H,28,29)/t18-,19?,20+,21-,22+,23+,26-,27-/m1/s1. The normalized spacial score (nSPS) is 45.1. The van der Waals surface area contributed by atoms with Crippen molar-refractivity contribution in [3.63, 3.8) is 0 Å². The molecule has 2 saturated carbocycles. The summed E-state index contributed by atoms with van der Waals surface area (Å²) >= 11 is 0. The third-order valence-electron chi connectivity index (χ3n) is 10.1. The van der Waals surface area contributed by atoms with Gasteiger partial charge in [-0.2, -0.15) is 0 Å². The molecule has 8 atom stereocenters. The lowest BCUT2D eigenvalue weighted by Gasteiger charge is -2.58. The number of rotatable bonds is 5. The zero-order valence-corrected chi connectivity index (χ0v) is 19.9. The van der Waals surface area contributed by atoms with E-state index in [1.807, 2.05) is 0 Å². The fraction of sp³-hybridized carbons (Fsp3) is 0.889. The van der Waals surface area contributed by atoms with Crippen molar-refractivity contribution in [2.75, 3.05) is 0 Å². The van der Waals surface area contributed by atoms with Crippen molar-refractivity contribution in [1.29, 1.82) is 0 Å². The molecule has 1 heterocycles. The Morgan fingerprint density at radius 3 is 2.59 bits per heavy atom. The van der Waals surface area contributed by atoms with Crippen molar-refractivity contribution in [2.24, 2.45) is 52.3 Å². The van der Waals surface area contributed by atoms with E-state index in [1.54, 1.807) is 0 Å². The number of carbonyl (C=O) groups excluding carboxylic acids is 1. The van der Waals surface area contributed by atoms with Crippen molar-refractivity contribution in [1.82, 2.24) is 5.32 Å². The second kappa shape index (κ2) is 7.72. The average Bonchev–Trinajstić information content (AvgIpc) is 3.00. The number of amides is 1. The quantitative estimate of drug-likeness (QED) is 0.532. The SMILES string of the molecule is CC(C)CCC[C@@H](C)[C@H]1CC[C@H]2[C@@H]3CC=C4NC(=O)C(C)C[C@]4(C)[C@H]3CC[C@]12C. The molecule has 0 radical (unpaired) electrons. The molecule has 0 bridgehead atoms. The molecule has 29 heavy (non-hydrogen) atoms. The Morgan fingerprint density at radius 2 is 1.86 bits per heavy atom. The van der Waals surface area contributed by atoms with Crippen molar-refractivity contribution in [3.05, 3.63) is 11.8 Å². The zero-order chi connectivity index (χ0) is 21.0. The second-order valence-electron chi connectivity index (χ2n) is 12.3. The van der Waals surface area contributed by atoms with Gasteiger partial charge in [-0.15, -0.1) is 0 Å². The molecule has 2 heteroatoms. The number of carbonyl (C=O) groups is 1. The number of hydrogen-bond acceptors (Lipinski definition) is 1. The molecule has 0 aromatic carbocycles. The molecule has 0 aromatic rings. The molecular weight excluding hydrogens is 354 g/mol. The van der Waals surface area contributed by atoms with Gasteiger partial charge in [0.1, 0.15) is 0 Å². The highest BCUT2D eigenvalue weighted by Gasteiger charge is 2.59. The highest BCUT2D eigenvalue weighted by molar-refractivity contribution is 5.81. The van der Waals surface area contributed by atoms with Gasteiger partial charge in [-0.1, -0.05) is 66.9 Å². The fourth-order valence-electron chi connectivity index (χ4n) is 8.56. The summed E-state index contributed by atoms with van der Waals surface area (Å²) in [5, 5.41) is 3.29. The molecule has 1 saturated heterocycles. The van der Waals surface area contributed by atoms with Gasteiger partial charge in [-0.3, -0.25) is 4.79 Å². The van der Waals surface area contributed by atoms with Crippen LogP contribution in [0.4, 0.5) is 0 Å². The van der Waals surface area contributed by atoms with Gasteiger partial charge in [0.15, 0.2) is 0 Å². The number of nitrogens with one attached hydrogen (secondary N) is 1. The topological polar surface area (TPSA) is 29.1 Å². The minimum atomic E-state index is 0.154. The van der Waals surface area contributed by atoms with Crippen LogP contribution in [0.25, 0.3) is 0 Å². The highest BCUT2D eigenvalue weighted by atomic mass is 16.2. The van der Waals surface area contributed by atoms with Crippen molar-refractivity contribution in [3.8, 4) is 0 Å². The summed E-state index contributed by atoms with van der Waals surface area (Å²) in [6.07, 6.45) is 14.5. The van der Waals surface area contributed by atoms with E-state index in [0.29, 0.717) is 5.41 Å². The van der Waals surface area contributed by atoms with Gasteiger partial charge < -0.3 is 5.32 Å². The summed E-state index contributed by atoms with van der Waals surface area (Å²) in [5.41, 5.74) is 2.00. The predicted molar refractivity (Wildman–Crippen MR) is 121 cm³/mol. The first-order valence-electron chi connectivity index (χ1n) is 12.7. The van der Waals surface area contributed by atoms with Gasteiger partial charge in [0.2, 0.25) is 5.91 Å². The van der Waals surface area contributed by atoms with Crippen LogP contribution in [-0.4, -0.2) is 5.91 Å². The molecule has 3 fully saturated rings. The Balaban J connectivity index is 1.51. The lowest BCUT2D eigenvalue weighted by Crippen LogP contribution is -2.55. The van der Waals surface area contributed by atoms with E-state index < -0.39 is 0 Å². The Morgan fingerprint density at radius 1 is 1.10 bits per heavy atom. The van der Waals surface area contributed by atoms with E-state index in [-0.39, 0.29) is 17.2 Å². The Hall–Kier alpha value is -0.790.